The Morgan fingerprint density at radius 1 is 1.57 bits per heavy atom. The normalized spacial score (nSPS) is 11.1. The number of methoxy groups -OCH3 is 1. The van der Waals surface area contributed by atoms with E-state index in [1.807, 2.05) is 24.3 Å². The largest absolute Gasteiger partial charge is 0.696 e. The van der Waals surface area contributed by atoms with Crippen LogP contribution < -0.4 is 10.2 Å². The van der Waals surface area contributed by atoms with Gasteiger partial charge in [-0.25, -0.2) is 0 Å². The molecule has 0 aliphatic carbocycles. The lowest BCUT2D eigenvalue weighted by Crippen LogP contribution is -2.08. The van der Waals surface area contributed by atoms with E-state index in [4.69, 9.17) is 4.74 Å². The molecule has 0 heterocycles. The second kappa shape index (κ2) is 5.06. The molecule has 0 aliphatic heterocycles. The van der Waals surface area contributed by atoms with Crippen molar-refractivity contribution in [1.82, 2.24) is 5.43 Å². The average molecular weight is 195 g/mol. The number of hydrogen-bond acceptors (Lipinski definition) is 3. The predicted molar refractivity (Wildman–Crippen MR) is 51.8 cm³/mol. The van der Waals surface area contributed by atoms with E-state index in [2.05, 4.69) is 10.6 Å². The molecule has 14 heavy (non-hydrogen) atoms. The van der Waals surface area contributed by atoms with Gasteiger partial charge in [-0.3, -0.25) is 0 Å². The van der Waals surface area contributed by atoms with Crippen molar-refractivity contribution in [3.8, 4) is 5.75 Å². The molecule has 1 aromatic carbocycles. The van der Waals surface area contributed by atoms with E-state index >= 15 is 0 Å². The molecule has 0 aromatic heterocycles. The third-order valence-electron chi connectivity index (χ3n) is 1.63. The van der Waals surface area contributed by atoms with Gasteiger partial charge in [-0.15, -0.1) is 0 Å². The summed E-state index contributed by atoms with van der Waals surface area (Å²) >= 11 is 0. The van der Waals surface area contributed by atoms with Crippen LogP contribution in [0.15, 0.2) is 29.5 Å². The Morgan fingerprint density at radius 3 is 3.00 bits per heavy atom. The SMILES string of the molecule is COc1cccc(CNN=[N+](C)[O-])c1. The van der Waals surface area contributed by atoms with Gasteiger partial charge in [0.2, 0.25) is 0 Å². The van der Waals surface area contributed by atoms with Crippen LogP contribution in [0.3, 0.4) is 0 Å². The maximum absolute atomic E-state index is 10.4. The minimum atomic E-state index is 0.472. The molecule has 1 aromatic rings. The van der Waals surface area contributed by atoms with E-state index in [9.17, 15) is 5.21 Å². The average Bonchev–Trinajstić information content (AvgIpc) is 2.18. The molecule has 1 rings (SSSR count). The topological polar surface area (TPSA) is 59.7 Å². The molecule has 0 spiro atoms. The summed E-state index contributed by atoms with van der Waals surface area (Å²) in [6.07, 6.45) is 0. The van der Waals surface area contributed by atoms with E-state index < -0.39 is 0 Å². The van der Waals surface area contributed by atoms with Gasteiger partial charge >= 0.3 is 0 Å². The lowest BCUT2D eigenvalue weighted by molar-refractivity contribution is -0.504. The van der Waals surface area contributed by atoms with Crippen LogP contribution in [0.4, 0.5) is 0 Å². The van der Waals surface area contributed by atoms with Crippen molar-refractivity contribution in [3.63, 3.8) is 0 Å². The zero-order valence-electron chi connectivity index (χ0n) is 8.23. The second-order valence-corrected chi connectivity index (χ2v) is 2.75. The fourth-order valence-electron chi connectivity index (χ4n) is 1.01. The maximum Gasteiger partial charge on any atom is 0.130 e. The minimum absolute atomic E-state index is 0.472. The molecule has 0 saturated heterocycles. The molecule has 76 valence electrons. The molecule has 5 heteroatoms. The zero-order valence-corrected chi connectivity index (χ0v) is 8.23. The summed E-state index contributed by atoms with van der Waals surface area (Å²) in [6, 6.07) is 7.56. The van der Waals surface area contributed by atoms with E-state index in [1.54, 1.807) is 7.11 Å². The third-order valence-corrected chi connectivity index (χ3v) is 1.63. The quantitative estimate of drug-likeness (QED) is 0.447. The molecule has 0 atom stereocenters. The van der Waals surface area contributed by atoms with Crippen molar-refractivity contribution in [2.45, 2.75) is 6.54 Å². The van der Waals surface area contributed by atoms with Crippen LogP contribution in [-0.2, 0) is 6.54 Å². The fraction of sp³-hybridized carbons (Fsp3) is 0.333. The van der Waals surface area contributed by atoms with Gasteiger partial charge in [0.05, 0.1) is 12.3 Å². The van der Waals surface area contributed by atoms with E-state index in [0.717, 1.165) is 11.3 Å². The molecule has 0 amide bonds. The minimum Gasteiger partial charge on any atom is -0.696 e. The highest BCUT2D eigenvalue weighted by molar-refractivity contribution is 5.28. The van der Waals surface area contributed by atoms with Gasteiger partial charge in [0, 0.05) is 0 Å². The molecular weight excluding hydrogens is 182 g/mol. The molecule has 0 fully saturated rings. The Morgan fingerprint density at radius 2 is 2.36 bits per heavy atom. The summed E-state index contributed by atoms with van der Waals surface area (Å²) in [6.45, 7) is 0.504. The molecule has 0 saturated carbocycles. The van der Waals surface area contributed by atoms with Crippen LogP contribution in [0.2, 0.25) is 0 Å². The molecule has 0 bridgehead atoms. The van der Waals surface area contributed by atoms with Crippen molar-refractivity contribution in [1.29, 1.82) is 0 Å². The van der Waals surface area contributed by atoms with Crippen molar-refractivity contribution >= 4 is 0 Å². The molecule has 5 nitrogen and oxygen atoms in total. The third kappa shape index (κ3) is 3.30. The number of rotatable bonds is 4. The molecule has 0 radical (unpaired) electrons. The molecule has 0 unspecified atom stereocenters. The van der Waals surface area contributed by atoms with Crippen LogP contribution in [0.1, 0.15) is 5.56 Å². The van der Waals surface area contributed by atoms with Gasteiger partial charge in [-0.2, -0.15) is 10.3 Å². The van der Waals surface area contributed by atoms with Crippen LogP contribution >= 0.6 is 0 Å². The number of benzene rings is 1. The number of ether oxygens (including phenoxy) is 1. The van der Waals surface area contributed by atoms with E-state index in [-0.39, 0.29) is 0 Å². The van der Waals surface area contributed by atoms with Crippen molar-refractivity contribution in [3.05, 3.63) is 35.0 Å². The fourth-order valence-corrected chi connectivity index (χ4v) is 1.01. The van der Waals surface area contributed by atoms with Gasteiger partial charge in [0.15, 0.2) is 0 Å². The summed E-state index contributed by atoms with van der Waals surface area (Å²) in [4.78, 5) is 0.472. The Hall–Kier alpha value is -1.78. The maximum atomic E-state index is 10.4. The summed E-state index contributed by atoms with van der Waals surface area (Å²) in [5.74, 6) is 0.791. The monoisotopic (exact) mass is 195 g/mol. The first kappa shape index (κ1) is 10.3. The highest BCUT2D eigenvalue weighted by Crippen LogP contribution is 2.11. The van der Waals surface area contributed by atoms with Crippen LogP contribution in [0.5, 0.6) is 5.75 Å². The highest BCUT2D eigenvalue weighted by Gasteiger charge is 1.96. The van der Waals surface area contributed by atoms with E-state index in [0.29, 0.717) is 11.4 Å². The lowest BCUT2D eigenvalue weighted by Gasteiger charge is -2.02. The van der Waals surface area contributed by atoms with Crippen LogP contribution in [0.25, 0.3) is 0 Å². The van der Waals surface area contributed by atoms with Gasteiger partial charge in [0.1, 0.15) is 19.3 Å². The summed E-state index contributed by atoms with van der Waals surface area (Å²) < 4.78 is 5.05. The Bertz CT molecular complexity index is 322. The zero-order chi connectivity index (χ0) is 10.4. The Balaban J connectivity index is 2.54. The van der Waals surface area contributed by atoms with Crippen LogP contribution in [0, 0.1) is 5.21 Å². The van der Waals surface area contributed by atoms with E-state index in [1.165, 1.54) is 7.05 Å². The first-order valence-electron chi connectivity index (χ1n) is 4.19. The van der Waals surface area contributed by atoms with Crippen molar-refractivity contribution in [2.24, 2.45) is 5.22 Å². The summed E-state index contributed by atoms with van der Waals surface area (Å²) in [7, 11) is 2.93. The second-order valence-electron chi connectivity index (χ2n) is 2.75. The van der Waals surface area contributed by atoms with Gasteiger partial charge < -0.3 is 9.94 Å². The van der Waals surface area contributed by atoms with Gasteiger partial charge in [-0.05, 0) is 17.7 Å². The Labute approximate surface area is 82.6 Å². The number of hydroxylamine groups is 1. The standard InChI is InChI=1S/C9H13N3O2/c1-12(13)11-10-7-8-4-3-5-9(6-8)14-2/h3-6,10H,7H2,1-2H3. The number of nitrogens with zero attached hydrogens (tertiary/aromatic N) is 2. The lowest BCUT2D eigenvalue weighted by atomic mass is 10.2. The van der Waals surface area contributed by atoms with Gasteiger partial charge in [0.25, 0.3) is 0 Å². The van der Waals surface area contributed by atoms with Crippen molar-refractivity contribution < 1.29 is 9.60 Å². The molecule has 0 aliphatic rings. The first-order chi connectivity index (χ1) is 6.72. The molecular formula is C9H13N3O2. The van der Waals surface area contributed by atoms with Gasteiger partial charge in [-0.1, -0.05) is 12.1 Å². The van der Waals surface area contributed by atoms with Crippen LogP contribution in [-0.4, -0.2) is 19.0 Å². The predicted octanol–water partition coefficient (Wildman–Crippen LogP) is 1.29. The highest BCUT2D eigenvalue weighted by atomic mass is 16.5. The molecule has 1 N–H and O–H groups in total. The number of nitrogens with one attached hydrogen (secondary N) is 1. The Kier molecular flexibility index (Phi) is 3.72. The summed E-state index contributed by atoms with van der Waals surface area (Å²) in [5, 5.41) is 13.9. The number of hydrogen-bond donors (Lipinski definition) is 1. The first-order valence-corrected chi connectivity index (χ1v) is 4.19. The smallest absolute Gasteiger partial charge is 0.130 e. The summed E-state index contributed by atoms with van der Waals surface area (Å²) in [5.41, 5.74) is 3.64. The van der Waals surface area contributed by atoms with Crippen molar-refractivity contribution in [2.75, 3.05) is 14.2 Å².